The predicted octanol–water partition coefficient (Wildman–Crippen LogP) is 4.04. The second kappa shape index (κ2) is 11.1. The van der Waals surface area contributed by atoms with Crippen molar-refractivity contribution in [2.75, 3.05) is 19.8 Å². The molecule has 5 atom stereocenters. The minimum Gasteiger partial charge on any atom is -0.479 e. The lowest BCUT2D eigenvalue weighted by Crippen LogP contribution is -2.31. The second-order valence-corrected chi connectivity index (χ2v) is 7.60. The Morgan fingerprint density at radius 3 is 2.52 bits per heavy atom. The van der Waals surface area contributed by atoms with E-state index in [1.165, 1.54) is 38.5 Å². The number of ether oxygens (including phenoxy) is 3. The van der Waals surface area contributed by atoms with Crippen LogP contribution in [0.15, 0.2) is 0 Å². The highest BCUT2D eigenvalue weighted by atomic mass is 16.5. The summed E-state index contributed by atoms with van der Waals surface area (Å²) >= 11 is 0. The Kier molecular flexibility index (Phi) is 9.21. The van der Waals surface area contributed by atoms with Gasteiger partial charge in [-0.3, -0.25) is 0 Å². The summed E-state index contributed by atoms with van der Waals surface area (Å²) in [5.41, 5.74) is 0. The van der Waals surface area contributed by atoms with Crippen LogP contribution in [0.3, 0.4) is 0 Å². The highest BCUT2D eigenvalue weighted by molar-refractivity contribution is 5.71. The number of hydrogen-bond donors (Lipinski definition) is 1. The Hall–Kier alpha value is -0.650. The van der Waals surface area contributed by atoms with E-state index in [-0.39, 0.29) is 0 Å². The molecule has 0 aromatic carbocycles. The Morgan fingerprint density at radius 2 is 1.80 bits per heavy atom. The predicted molar refractivity (Wildman–Crippen MR) is 96.7 cm³/mol. The van der Waals surface area contributed by atoms with E-state index in [0.717, 1.165) is 32.5 Å². The van der Waals surface area contributed by atoms with E-state index in [2.05, 4.69) is 6.92 Å². The minimum absolute atomic E-state index is 0.397. The number of carboxylic acids is 1. The molecule has 2 fully saturated rings. The number of hydrogen-bond acceptors (Lipinski definition) is 4. The Labute approximate surface area is 152 Å². The molecule has 0 aromatic rings. The number of carboxylic acid groups (broad SMARTS) is 1. The molecule has 0 radical (unpaired) electrons. The summed E-state index contributed by atoms with van der Waals surface area (Å²) in [4.78, 5) is 10.7. The van der Waals surface area contributed by atoms with E-state index in [0.29, 0.717) is 30.7 Å². The van der Waals surface area contributed by atoms with E-state index < -0.39 is 12.1 Å². The summed E-state index contributed by atoms with van der Waals surface area (Å²) in [7, 11) is 0. The Balaban J connectivity index is 1.61. The standard InChI is InChI=1S/C20H36O5/c1-3-4-5-7-12-23-14-17-16(18-10-11-19(17)25-18)9-6-8-13-24-15(2)20(21)22/h15-19H,3-14H2,1-2H3,(H,21,22). The van der Waals surface area contributed by atoms with Crippen molar-refractivity contribution in [3.05, 3.63) is 0 Å². The van der Waals surface area contributed by atoms with Gasteiger partial charge in [0.15, 0.2) is 6.10 Å². The average molecular weight is 357 g/mol. The third kappa shape index (κ3) is 6.54. The van der Waals surface area contributed by atoms with Gasteiger partial charge in [-0.2, -0.15) is 0 Å². The molecule has 0 saturated carbocycles. The number of rotatable bonds is 14. The van der Waals surface area contributed by atoms with Gasteiger partial charge in [0.05, 0.1) is 18.8 Å². The van der Waals surface area contributed by atoms with Crippen molar-refractivity contribution in [1.82, 2.24) is 0 Å². The van der Waals surface area contributed by atoms with Crippen LogP contribution in [-0.4, -0.2) is 49.2 Å². The molecule has 0 amide bonds. The summed E-state index contributed by atoms with van der Waals surface area (Å²) in [6.45, 7) is 6.05. The average Bonchev–Trinajstić information content (AvgIpc) is 3.19. The van der Waals surface area contributed by atoms with Gasteiger partial charge in [0, 0.05) is 19.1 Å². The lowest BCUT2D eigenvalue weighted by atomic mass is 9.77. The van der Waals surface area contributed by atoms with E-state index in [1.807, 2.05) is 0 Å². The van der Waals surface area contributed by atoms with E-state index >= 15 is 0 Å². The molecule has 2 aliphatic rings. The molecule has 5 unspecified atom stereocenters. The molecule has 0 spiro atoms. The largest absolute Gasteiger partial charge is 0.479 e. The van der Waals surface area contributed by atoms with Crippen molar-refractivity contribution in [3.8, 4) is 0 Å². The topological polar surface area (TPSA) is 65.0 Å². The minimum atomic E-state index is -0.891. The van der Waals surface area contributed by atoms with Gasteiger partial charge in [-0.15, -0.1) is 0 Å². The summed E-state index contributed by atoms with van der Waals surface area (Å²) in [6.07, 6.45) is 10.6. The fourth-order valence-electron chi connectivity index (χ4n) is 4.17. The van der Waals surface area contributed by atoms with Crippen molar-refractivity contribution < 1.29 is 24.1 Å². The van der Waals surface area contributed by atoms with E-state index in [9.17, 15) is 4.79 Å². The van der Waals surface area contributed by atoms with E-state index in [1.54, 1.807) is 6.92 Å². The van der Waals surface area contributed by atoms with Crippen LogP contribution in [0.2, 0.25) is 0 Å². The number of carbonyl (C=O) groups is 1. The molecule has 1 N–H and O–H groups in total. The van der Waals surface area contributed by atoms with Crippen LogP contribution in [0.1, 0.15) is 71.6 Å². The SMILES string of the molecule is CCCCCCOCC1C2CCC(O2)C1CCCCOC(C)C(=O)O. The molecule has 0 aliphatic carbocycles. The first-order valence-corrected chi connectivity index (χ1v) is 10.2. The lowest BCUT2D eigenvalue weighted by Gasteiger charge is -2.28. The molecular weight excluding hydrogens is 320 g/mol. The first-order valence-electron chi connectivity index (χ1n) is 10.2. The molecule has 2 heterocycles. The first kappa shape index (κ1) is 20.7. The van der Waals surface area contributed by atoms with Crippen LogP contribution >= 0.6 is 0 Å². The summed E-state index contributed by atoms with van der Waals surface area (Å²) < 4.78 is 17.4. The van der Waals surface area contributed by atoms with Crippen molar-refractivity contribution in [3.63, 3.8) is 0 Å². The molecule has 2 saturated heterocycles. The van der Waals surface area contributed by atoms with Crippen LogP contribution in [0.4, 0.5) is 0 Å². The van der Waals surface area contributed by atoms with Crippen LogP contribution in [-0.2, 0) is 19.0 Å². The van der Waals surface area contributed by atoms with Crippen molar-refractivity contribution in [1.29, 1.82) is 0 Å². The number of unbranched alkanes of at least 4 members (excludes halogenated alkanes) is 4. The van der Waals surface area contributed by atoms with Crippen molar-refractivity contribution in [2.24, 2.45) is 11.8 Å². The molecule has 2 rings (SSSR count). The van der Waals surface area contributed by atoms with Crippen molar-refractivity contribution in [2.45, 2.75) is 89.9 Å². The monoisotopic (exact) mass is 356 g/mol. The van der Waals surface area contributed by atoms with Crippen molar-refractivity contribution >= 4 is 5.97 Å². The quantitative estimate of drug-likeness (QED) is 0.476. The highest BCUT2D eigenvalue weighted by Gasteiger charge is 2.48. The van der Waals surface area contributed by atoms with Gasteiger partial charge < -0.3 is 19.3 Å². The smallest absolute Gasteiger partial charge is 0.332 e. The van der Waals surface area contributed by atoms with Crippen LogP contribution < -0.4 is 0 Å². The molecule has 2 aliphatic heterocycles. The Bertz CT molecular complexity index is 386. The van der Waals surface area contributed by atoms with Gasteiger partial charge in [-0.25, -0.2) is 4.79 Å². The van der Waals surface area contributed by atoms with Gasteiger partial charge in [-0.05, 0) is 44.9 Å². The Morgan fingerprint density at radius 1 is 1.08 bits per heavy atom. The number of fused-ring (bicyclic) bond motifs is 2. The lowest BCUT2D eigenvalue weighted by molar-refractivity contribution is -0.149. The second-order valence-electron chi connectivity index (χ2n) is 7.60. The third-order valence-corrected chi connectivity index (χ3v) is 5.69. The molecule has 0 aromatic heterocycles. The summed E-state index contributed by atoms with van der Waals surface area (Å²) in [5.74, 6) is 0.257. The molecule has 146 valence electrons. The van der Waals surface area contributed by atoms with Crippen LogP contribution in [0.25, 0.3) is 0 Å². The number of aliphatic carboxylic acids is 1. The maximum atomic E-state index is 10.7. The van der Waals surface area contributed by atoms with Gasteiger partial charge in [0.2, 0.25) is 0 Å². The fourth-order valence-corrected chi connectivity index (χ4v) is 4.17. The fraction of sp³-hybridized carbons (Fsp3) is 0.950. The van der Waals surface area contributed by atoms with Gasteiger partial charge in [0.1, 0.15) is 0 Å². The van der Waals surface area contributed by atoms with Gasteiger partial charge in [-0.1, -0.05) is 32.6 Å². The third-order valence-electron chi connectivity index (χ3n) is 5.69. The molecule has 25 heavy (non-hydrogen) atoms. The molecule has 5 heteroatoms. The zero-order valence-corrected chi connectivity index (χ0v) is 16.0. The van der Waals surface area contributed by atoms with Gasteiger partial charge >= 0.3 is 5.97 Å². The summed E-state index contributed by atoms with van der Waals surface area (Å²) in [5, 5.41) is 8.81. The van der Waals surface area contributed by atoms with Crippen LogP contribution in [0.5, 0.6) is 0 Å². The first-order chi connectivity index (χ1) is 12.1. The maximum Gasteiger partial charge on any atom is 0.332 e. The van der Waals surface area contributed by atoms with E-state index in [4.69, 9.17) is 19.3 Å². The van der Waals surface area contributed by atoms with Crippen LogP contribution in [0, 0.1) is 11.8 Å². The maximum absolute atomic E-state index is 10.7. The highest BCUT2D eigenvalue weighted by Crippen LogP contribution is 2.45. The molecule has 2 bridgehead atoms. The zero-order valence-electron chi connectivity index (χ0n) is 16.0. The zero-order chi connectivity index (χ0) is 18.1. The summed E-state index contributed by atoms with van der Waals surface area (Å²) in [6, 6.07) is 0. The molecule has 5 nitrogen and oxygen atoms in total. The normalized spacial score (nSPS) is 29.2. The van der Waals surface area contributed by atoms with Gasteiger partial charge in [0.25, 0.3) is 0 Å². The molecular formula is C20H36O5.